The number of likely N-dealkylation sites (tertiary alicyclic amines) is 1. The van der Waals surface area contributed by atoms with Gasteiger partial charge in [-0.05, 0) is 19.4 Å². The fraction of sp³-hybridized carbons (Fsp3) is 0.562. The Bertz CT molecular complexity index is 655. The molecule has 2 rings (SSSR count). The second-order valence-electron chi connectivity index (χ2n) is 5.70. The normalized spacial score (nSPS) is 17.2. The van der Waals surface area contributed by atoms with Crippen molar-refractivity contribution in [2.24, 2.45) is 5.92 Å². The number of thiophene rings is 1. The van der Waals surface area contributed by atoms with Crippen molar-refractivity contribution >= 4 is 34.1 Å². The Kier molecular flexibility index (Phi) is 5.95. The van der Waals surface area contributed by atoms with Crippen LogP contribution in [0.2, 0.25) is 0 Å². The number of aryl methyl sites for hydroxylation is 1. The smallest absolute Gasteiger partial charge is 0.341 e. The lowest BCUT2D eigenvalue weighted by Crippen LogP contribution is -2.30. The first-order chi connectivity index (χ1) is 11.4. The summed E-state index contributed by atoms with van der Waals surface area (Å²) in [5.74, 6) is -1.22. The molecular weight excluding hydrogens is 332 g/mol. The Morgan fingerprint density at radius 1 is 1.33 bits per heavy atom. The maximum absolute atomic E-state index is 12.5. The fourth-order valence-corrected chi connectivity index (χ4v) is 3.69. The lowest BCUT2D eigenvalue weighted by molar-refractivity contribution is -0.128. The molecule has 2 heterocycles. The molecule has 0 radical (unpaired) electrons. The van der Waals surface area contributed by atoms with E-state index < -0.39 is 11.9 Å². The Labute approximate surface area is 144 Å². The van der Waals surface area contributed by atoms with Crippen LogP contribution in [0.3, 0.4) is 0 Å². The summed E-state index contributed by atoms with van der Waals surface area (Å²) in [6, 6.07) is 0. The number of nitrogens with zero attached hydrogens (tertiary/aromatic N) is 1. The number of rotatable bonds is 6. The van der Waals surface area contributed by atoms with Crippen LogP contribution in [0, 0.1) is 19.8 Å². The van der Waals surface area contributed by atoms with Crippen molar-refractivity contribution in [2.45, 2.75) is 20.3 Å². The molecule has 1 unspecified atom stereocenters. The summed E-state index contributed by atoms with van der Waals surface area (Å²) in [5, 5.41) is 3.27. The van der Waals surface area contributed by atoms with Crippen LogP contribution in [-0.4, -0.2) is 56.6 Å². The maximum Gasteiger partial charge on any atom is 0.341 e. The minimum Gasteiger partial charge on any atom is -0.465 e. The molecule has 1 aliphatic heterocycles. The Balaban J connectivity index is 2.09. The van der Waals surface area contributed by atoms with Gasteiger partial charge in [0.15, 0.2) is 0 Å². The second-order valence-corrected chi connectivity index (χ2v) is 6.93. The molecule has 1 saturated heterocycles. The van der Waals surface area contributed by atoms with Crippen molar-refractivity contribution < 1.29 is 23.9 Å². The van der Waals surface area contributed by atoms with Gasteiger partial charge in [-0.2, -0.15) is 0 Å². The van der Waals surface area contributed by atoms with Crippen LogP contribution in [0.5, 0.6) is 0 Å². The molecule has 1 aromatic rings. The molecule has 0 bridgehead atoms. The number of hydrogen-bond donors (Lipinski definition) is 1. The molecule has 0 spiro atoms. The standard InChI is InChI=1S/C16H22N2O5S/c1-9-10(2)24-15(13(9)16(21)23-4)17-14(20)11-7-12(19)18(8-11)5-6-22-3/h11H,5-8H2,1-4H3,(H,17,20). The molecule has 1 N–H and O–H groups in total. The van der Waals surface area contributed by atoms with Gasteiger partial charge >= 0.3 is 5.97 Å². The number of ether oxygens (including phenoxy) is 2. The predicted octanol–water partition coefficient (Wildman–Crippen LogP) is 1.58. The third kappa shape index (κ3) is 3.76. The molecule has 7 nitrogen and oxygen atoms in total. The van der Waals surface area contributed by atoms with Gasteiger partial charge in [-0.3, -0.25) is 9.59 Å². The van der Waals surface area contributed by atoms with Crippen LogP contribution >= 0.6 is 11.3 Å². The molecule has 0 aliphatic carbocycles. The van der Waals surface area contributed by atoms with Crippen molar-refractivity contribution in [2.75, 3.05) is 39.2 Å². The minimum atomic E-state index is -0.476. The number of amides is 2. The minimum absolute atomic E-state index is 0.0565. The van der Waals surface area contributed by atoms with Gasteiger partial charge in [0.05, 0.1) is 25.2 Å². The first kappa shape index (κ1) is 18.4. The molecule has 1 aliphatic rings. The number of anilines is 1. The number of carbonyl (C=O) groups excluding carboxylic acids is 3. The summed E-state index contributed by atoms with van der Waals surface area (Å²) in [7, 11) is 2.88. The highest BCUT2D eigenvalue weighted by molar-refractivity contribution is 7.16. The Morgan fingerprint density at radius 2 is 2.04 bits per heavy atom. The van der Waals surface area contributed by atoms with Gasteiger partial charge in [-0.1, -0.05) is 0 Å². The van der Waals surface area contributed by atoms with E-state index in [9.17, 15) is 14.4 Å². The van der Waals surface area contributed by atoms with Gasteiger partial charge in [-0.25, -0.2) is 4.79 Å². The highest BCUT2D eigenvalue weighted by Gasteiger charge is 2.35. The zero-order valence-electron chi connectivity index (χ0n) is 14.3. The average molecular weight is 354 g/mol. The van der Waals surface area contributed by atoms with Crippen LogP contribution in [0.4, 0.5) is 5.00 Å². The number of esters is 1. The van der Waals surface area contributed by atoms with Crippen LogP contribution in [-0.2, 0) is 19.1 Å². The first-order valence-corrected chi connectivity index (χ1v) is 8.46. The summed E-state index contributed by atoms with van der Waals surface area (Å²) in [4.78, 5) is 39.0. The van der Waals surface area contributed by atoms with E-state index in [2.05, 4.69) is 5.32 Å². The lowest BCUT2D eigenvalue weighted by atomic mass is 10.1. The third-order valence-electron chi connectivity index (χ3n) is 4.16. The van der Waals surface area contributed by atoms with Gasteiger partial charge < -0.3 is 19.7 Å². The first-order valence-electron chi connectivity index (χ1n) is 7.64. The molecule has 0 aromatic carbocycles. The van der Waals surface area contributed by atoms with Crippen molar-refractivity contribution in [3.8, 4) is 0 Å². The second kappa shape index (κ2) is 7.76. The molecule has 8 heteroatoms. The molecule has 1 aromatic heterocycles. The van der Waals surface area contributed by atoms with E-state index in [4.69, 9.17) is 9.47 Å². The van der Waals surface area contributed by atoms with E-state index in [1.165, 1.54) is 18.4 Å². The molecule has 0 saturated carbocycles. The number of hydrogen-bond acceptors (Lipinski definition) is 6. The largest absolute Gasteiger partial charge is 0.465 e. The topological polar surface area (TPSA) is 84.9 Å². The predicted molar refractivity (Wildman–Crippen MR) is 90.3 cm³/mol. The lowest BCUT2D eigenvalue weighted by Gasteiger charge is -2.15. The van der Waals surface area contributed by atoms with Crippen LogP contribution < -0.4 is 5.32 Å². The zero-order chi connectivity index (χ0) is 17.9. The van der Waals surface area contributed by atoms with E-state index >= 15 is 0 Å². The average Bonchev–Trinajstić information content (AvgIpc) is 3.05. The third-order valence-corrected chi connectivity index (χ3v) is 5.28. The molecule has 1 atom stereocenters. The molecule has 1 fully saturated rings. The summed E-state index contributed by atoms with van der Waals surface area (Å²) >= 11 is 1.34. The number of nitrogens with one attached hydrogen (secondary N) is 1. The van der Waals surface area contributed by atoms with Crippen molar-refractivity contribution in [3.05, 3.63) is 16.0 Å². The SMILES string of the molecule is COCCN1CC(C(=O)Nc2sc(C)c(C)c2C(=O)OC)CC1=O. The van der Waals surface area contributed by atoms with Crippen molar-refractivity contribution in [1.29, 1.82) is 0 Å². The van der Waals surface area contributed by atoms with Gasteiger partial charge in [0.25, 0.3) is 0 Å². The number of methoxy groups -OCH3 is 2. The monoisotopic (exact) mass is 354 g/mol. The van der Waals surface area contributed by atoms with Crippen LogP contribution in [0.25, 0.3) is 0 Å². The van der Waals surface area contributed by atoms with Gasteiger partial charge in [0.2, 0.25) is 11.8 Å². The zero-order valence-corrected chi connectivity index (χ0v) is 15.1. The van der Waals surface area contributed by atoms with Gasteiger partial charge in [0, 0.05) is 31.5 Å². The van der Waals surface area contributed by atoms with E-state index in [0.717, 1.165) is 10.4 Å². The summed E-state index contributed by atoms with van der Waals surface area (Å²) in [6.45, 7) is 4.98. The highest BCUT2D eigenvalue weighted by atomic mass is 32.1. The fourth-order valence-electron chi connectivity index (χ4n) is 2.64. The summed E-state index contributed by atoms with van der Waals surface area (Å²) in [5.41, 5.74) is 1.18. The molecular formula is C16H22N2O5S. The summed E-state index contributed by atoms with van der Waals surface area (Å²) in [6.07, 6.45) is 0.173. The Morgan fingerprint density at radius 3 is 2.67 bits per heavy atom. The van der Waals surface area contributed by atoms with Crippen molar-refractivity contribution in [1.82, 2.24) is 4.90 Å². The quantitative estimate of drug-likeness (QED) is 0.784. The van der Waals surface area contributed by atoms with Crippen LogP contribution in [0.1, 0.15) is 27.2 Å². The number of carbonyl (C=O) groups is 3. The highest BCUT2D eigenvalue weighted by Crippen LogP contribution is 2.33. The van der Waals surface area contributed by atoms with E-state index in [1.54, 1.807) is 12.0 Å². The maximum atomic E-state index is 12.5. The summed E-state index contributed by atoms with van der Waals surface area (Å²) < 4.78 is 9.77. The van der Waals surface area contributed by atoms with E-state index in [0.29, 0.717) is 30.3 Å². The van der Waals surface area contributed by atoms with E-state index in [1.807, 2.05) is 13.8 Å². The molecule has 24 heavy (non-hydrogen) atoms. The molecule has 2 amide bonds. The Hall–Kier alpha value is -1.93. The van der Waals surface area contributed by atoms with E-state index in [-0.39, 0.29) is 18.2 Å². The van der Waals surface area contributed by atoms with Gasteiger partial charge in [0.1, 0.15) is 5.00 Å². The van der Waals surface area contributed by atoms with Crippen molar-refractivity contribution in [3.63, 3.8) is 0 Å². The molecule has 132 valence electrons. The van der Waals surface area contributed by atoms with Gasteiger partial charge in [-0.15, -0.1) is 11.3 Å². The van der Waals surface area contributed by atoms with Crippen LogP contribution in [0.15, 0.2) is 0 Å².